The summed E-state index contributed by atoms with van der Waals surface area (Å²) in [4.78, 5) is 48.4. The van der Waals surface area contributed by atoms with Crippen LogP contribution in [0.4, 0.5) is 26.3 Å². The summed E-state index contributed by atoms with van der Waals surface area (Å²) in [6, 6.07) is 16.6. The van der Waals surface area contributed by atoms with E-state index in [1.807, 2.05) is 18.2 Å². The summed E-state index contributed by atoms with van der Waals surface area (Å²) in [7, 11) is 0. The number of benzene rings is 3. The van der Waals surface area contributed by atoms with Crippen LogP contribution in [-0.2, 0) is 17.1 Å². The lowest BCUT2D eigenvalue weighted by molar-refractivity contribution is -0.138. The number of halogens is 6. The van der Waals surface area contributed by atoms with Crippen molar-refractivity contribution in [3.63, 3.8) is 0 Å². The van der Waals surface area contributed by atoms with Crippen molar-refractivity contribution >= 4 is 22.7 Å². The van der Waals surface area contributed by atoms with Gasteiger partial charge in [0.25, 0.3) is 17.7 Å². The van der Waals surface area contributed by atoms with E-state index >= 15 is 0 Å². The molecule has 2 amide bonds. The molecule has 0 bridgehead atoms. The first-order valence-electron chi connectivity index (χ1n) is 15.6. The Balaban J connectivity index is 1.15. The monoisotopic (exact) mass is 721 g/mol. The first kappa shape index (κ1) is 34.2. The number of hydrogen-bond acceptors (Lipinski definition) is 8. The number of hydrogen-bond donors (Lipinski definition) is 0. The van der Waals surface area contributed by atoms with Gasteiger partial charge in [0.05, 0.1) is 40.8 Å². The van der Waals surface area contributed by atoms with E-state index in [1.54, 1.807) is 17.0 Å². The van der Waals surface area contributed by atoms with Gasteiger partial charge in [0.15, 0.2) is 0 Å². The molecule has 11 nitrogen and oxygen atoms in total. The van der Waals surface area contributed by atoms with Crippen LogP contribution in [0.15, 0.2) is 95.8 Å². The van der Waals surface area contributed by atoms with Gasteiger partial charge in [-0.05, 0) is 48.5 Å². The highest BCUT2D eigenvalue weighted by Crippen LogP contribution is 2.34. The summed E-state index contributed by atoms with van der Waals surface area (Å²) in [6.07, 6.45) is -6.45. The lowest BCUT2D eigenvalue weighted by Crippen LogP contribution is -2.52. The zero-order valence-electron chi connectivity index (χ0n) is 26.9. The molecule has 4 heterocycles. The Kier molecular flexibility index (Phi) is 8.64. The molecule has 1 unspecified atom stereocenters. The molecule has 0 radical (unpaired) electrons. The molecule has 1 fully saturated rings. The third kappa shape index (κ3) is 6.76. The fourth-order valence-electron chi connectivity index (χ4n) is 5.89. The zero-order valence-corrected chi connectivity index (χ0v) is 26.9. The molecule has 1 aliphatic heterocycles. The van der Waals surface area contributed by atoms with Crippen LogP contribution in [0.1, 0.15) is 40.1 Å². The molecule has 1 atom stereocenters. The van der Waals surface area contributed by atoms with Crippen LogP contribution in [0.2, 0.25) is 0 Å². The number of amides is 2. The SMILES string of the molecule is CC(=O)N1CCN(C(=O)c2ccc(C(F)(F)F)cc2)CC1c1cc2ccccc2n1Oc1cnc(-c2nc(-c3ccc(C(F)(F)F)cc3)no2)cn1. The van der Waals surface area contributed by atoms with E-state index in [4.69, 9.17) is 9.36 Å². The number of carbonyl (C=O) groups is 2. The second-order valence-electron chi connectivity index (χ2n) is 11.8. The van der Waals surface area contributed by atoms with Gasteiger partial charge in [0.2, 0.25) is 11.7 Å². The highest BCUT2D eigenvalue weighted by Gasteiger charge is 2.36. The third-order valence-electron chi connectivity index (χ3n) is 8.49. The second kappa shape index (κ2) is 13.1. The van der Waals surface area contributed by atoms with E-state index in [1.165, 1.54) is 41.1 Å². The van der Waals surface area contributed by atoms with Crippen LogP contribution in [-0.4, -0.2) is 66.1 Å². The van der Waals surface area contributed by atoms with Crippen LogP contribution in [0.3, 0.4) is 0 Å². The van der Waals surface area contributed by atoms with Crippen molar-refractivity contribution in [2.45, 2.75) is 25.3 Å². The van der Waals surface area contributed by atoms with Gasteiger partial charge in [-0.1, -0.05) is 35.5 Å². The predicted molar refractivity (Wildman–Crippen MR) is 171 cm³/mol. The van der Waals surface area contributed by atoms with Gasteiger partial charge in [0.1, 0.15) is 5.69 Å². The maximum absolute atomic E-state index is 13.5. The molecule has 1 aliphatic rings. The highest BCUT2D eigenvalue weighted by molar-refractivity contribution is 5.94. The Morgan fingerprint density at radius 2 is 1.52 bits per heavy atom. The van der Waals surface area contributed by atoms with Crippen LogP contribution < -0.4 is 4.84 Å². The normalized spacial score (nSPS) is 15.2. The molecule has 266 valence electrons. The van der Waals surface area contributed by atoms with Gasteiger partial charge in [-0.3, -0.25) is 9.59 Å². The molecule has 17 heteroatoms. The number of rotatable bonds is 6. The minimum Gasteiger partial charge on any atom is -0.353 e. The molecular weight excluding hydrogens is 696 g/mol. The molecule has 0 N–H and O–H groups in total. The minimum atomic E-state index is -4.55. The standard InChI is InChI=1S/C35H25F6N7O4/c1-20(49)47-15-14-46(33(50)22-8-12-25(13-9-22)35(39,40)41)19-29(47)28-16-23-4-2-3-5-27(23)48(28)52-30-18-42-26(17-43-30)32-44-31(45-51-32)21-6-10-24(11-7-21)34(36,37)38/h2-13,16-18,29H,14-15,19H2,1H3. The number of piperazine rings is 1. The number of alkyl halides is 6. The number of nitrogens with zero attached hydrogens (tertiary/aromatic N) is 7. The van der Waals surface area contributed by atoms with Gasteiger partial charge in [-0.25, -0.2) is 9.97 Å². The summed E-state index contributed by atoms with van der Waals surface area (Å²) in [5.74, 6) is -0.727. The number of para-hydroxylation sites is 1. The first-order chi connectivity index (χ1) is 24.8. The first-order valence-corrected chi connectivity index (χ1v) is 15.6. The van der Waals surface area contributed by atoms with Crippen molar-refractivity contribution in [1.82, 2.24) is 34.6 Å². The topological polar surface area (TPSA) is 119 Å². The van der Waals surface area contributed by atoms with Gasteiger partial charge < -0.3 is 19.2 Å². The third-order valence-corrected chi connectivity index (χ3v) is 8.49. The fraction of sp³-hybridized carbons (Fsp3) is 0.200. The number of aromatic nitrogens is 5. The Morgan fingerprint density at radius 1 is 0.846 bits per heavy atom. The molecule has 0 saturated carbocycles. The van der Waals surface area contributed by atoms with Crippen molar-refractivity contribution < 1.29 is 45.3 Å². The Morgan fingerprint density at radius 3 is 2.15 bits per heavy atom. The van der Waals surface area contributed by atoms with Crippen LogP contribution in [0, 0.1) is 0 Å². The van der Waals surface area contributed by atoms with Gasteiger partial charge >= 0.3 is 12.4 Å². The molecule has 1 saturated heterocycles. The summed E-state index contributed by atoms with van der Waals surface area (Å²) >= 11 is 0. The molecule has 0 aliphatic carbocycles. The van der Waals surface area contributed by atoms with Crippen LogP contribution in [0.5, 0.6) is 5.88 Å². The van der Waals surface area contributed by atoms with E-state index < -0.39 is 35.4 Å². The Labute approximate surface area is 290 Å². The zero-order chi connectivity index (χ0) is 36.8. The molecule has 3 aromatic carbocycles. The maximum Gasteiger partial charge on any atom is 0.416 e. The van der Waals surface area contributed by atoms with Crippen molar-refractivity contribution in [2.24, 2.45) is 0 Å². The van der Waals surface area contributed by atoms with Gasteiger partial charge in [-0.15, -0.1) is 0 Å². The van der Waals surface area contributed by atoms with E-state index in [-0.39, 0.29) is 54.4 Å². The molecule has 3 aromatic heterocycles. The lowest BCUT2D eigenvalue weighted by Gasteiger charge is -2.41. The largest absolute Gasteiger partial charge is 0.416 e. The summed E-state index contributed by atoms with van der Waals surface area (Å²) in [5.41, 5.74) is -0.0695. The van der Waals surface area contributed by atoms with E-state index in [9.17, 15) is 35.9 Å². The van der Waals surface area contributed by atoms with E-state index in [0.717, 1.165) is 41.8 Å². The summed E-state index contributed by atoms with van der Waals surface area (Å²) in [6.45, 7) is 1.72. The van der Waals surface area contributed by atoms with Crippen molar-refractivity contribution in [2.75, 3.05) is 19.6 Å². The summed E-state index contributed by atoms with van der Waals surface area (Å²) < 4.78 is 84.9. The second-order valence-corrected chi connectivity index (χ2v) is 11.8. The highest BCUT2D eigenvalue weighted by atomic mass is 19.4. The van der Waals surface area contributed by atoms with Crippen LogP contribution in [0.25, 0.3) is 33.9 Å². The van der Waals surface area contributed by atoms with E-state index in [0.29, 0.717) is 16.8 Å². The van der Waals surface area contributed by atoms with Crippen molar-refractivity contribution in [1.29, 1.82) is 0 Å². The summed E-state index contributed by atoms with van der Waals surface area (Å²) in [5, 5.41) is 4.58. The predicted octanol–water partition coefficient (Wildman–Crippen LogP) is 7.07. The van der Waals surface area contributed by atoms with Gasteiger partial charge in [-0.2, -0.15) is 36.1 Å². The molecule has 52 heavy (non-hydrogen) atoms. The molecular formula is C35H25F6N7O4. The van der Waals surface area contributed by atoms with Crippen molar-refractivity contribution in [3.8, 4) is 28.9 Å². The van der Waals surface area contributed by atoms with E-state index in [2.05, 4.69) is 20.1 Å². The Hall–Kier alpha value is -6.26. The maximum atomic E-state index is 13.5. The molecule has 6 aromatic rings. The van der Waals surface area contributed by atoms with Gasteiger partial charge in [0, 0.05) is 43.1 Å². The average Bonchev–Trinajstić information content (AvgIpc) is 3.77. The van der Waals surface area contributed by atoms with Crippen molar-refractivity contribution in [3.05, 3.63) is 114 Å². The minimum absolute atomic E-state index is 0.0160. The molecule has 7 rings (SSSR count). The quantitative estimate of drug-likeness (QED) is 0.168. The fourth-order valence-corrected chi connectivity index (χ4v) is 5.89. The van der Waals surface area contributed by atoms with Crippen LogP contribution >= 0.6 is 0 Å². The Bertz CT molecular complexity index is 2250. The average molecular weight is 722 g/mol. The molecule has 0 spiro atoms. The number of fused-ring (bicyclic) bond motifs is 1. The smallest absolute Gasteiger partial charge is 0.353 e. The number of carbonyl (C=O) groups excluding carboxylic acids is 2. The lowest BCUT2D eigenvalue weighted by atomic mass is 10.1.